The number of ether oxygens (including phenoxy) is 1. The average Bonchev–Trinajstić information content (AvgIpc) is 2.87. The van der Waals surface area contributed by atoms with Crippen molar-refractivity contribution in [2.24, 2.45) is 0 Å². The van der Waals surface area contributed by atoms with Gasteiger partial charge in [-0.05, 0) is 66.8 Å². The zero-order chi connectivity index (χ0) is 22.6. The molecule has 5 heteroatoms. The maximum absolute atomic E-state index is 12.5. The molecule has 0 aliphatic carbocycles. The van der Waals surface area contributed by atoms with Crippen LogP contribution in [0.1, 0.15) is 35.2 Å². The van der Waals surface area contributed by atoms with E-state index in [4.69, 9.17) is 4.74 Å². The fourth-order valence-corrected chi connectivity index (χ4v) is 5.34. The minimum Gasteiger partial charge on any atom is -0.495 e. The number of unbranched alkanes of at least 4 members (excludes halogenated alkanes) is 1. The van der Waals surface area contributed by atoms with Crippen molar-refractivity contribution in [1.82, 2.24) is 10.2 Å². The molecule has 3 aromatic carbocycles. The van der Waals surface area contributed by atoms with Crippen LogP contribution >= 0.6 is 0 Å². The van der Waals surface area contributed by atoms with Crippen molar-refractivity contribution in [3.63, 3.8) is 0 Å². The standard InChI is InChI=1S/C28H33N3O2/c1-33-26-10-6-9-22-13-14-25-20-30(17-18-31(25)27(22)26)16-5-4-15-29-28(32)24-12-11-21-7-2-3-8-23(21)19-24/h2-3,6-12,19,25H,4-5,13-18,20H2,1H3,(H,29,32). The van der Waals surface area contributed by atoms with Crippen LogP contribution in [0.15, 0.2) is 60.7 Å². The first kappa shape index (κ1) is 21.8. The highest BCUT2D eigenvalue weighted by molar-refractivity contribution is 5.98. The minimum absolute atomic E-state index is 0.0178. The Hall–Kier alpha value is -3.05. The number of nitrogens with zero attached hydrogens (tertiary/aromatic N) is 2. The number of aryl methyl sites for hydroxylation is 1. The molecule has 1 fully saturated rings. The molecular weight excluding hydrogens is 410 g/mol. The second-order valence-electron chi connectivity index (χ2n) is 9.18. The number of benzene rings is 3. The van der Waals surface area contributed by atoms with Crippen molar-refractivity contribution >= 4 is 22.4 Å². The number of hydrogen-bond donors (Lipinski definition) is 1. The van der Waals surface area contributed by atoms with Gasteiger partial charge in [0.15, 0.2) is 0 Å². The lowest BCUT2D eigenvalue weighted by atomic mass is 9.93. The summed E-state index contributed by atoms with van der Waals surface area (Å²) in [6, 6.07) is 21.0. The van der Waals surface area contributed by atoms with E-state index in [0.29, 0.717) is 6.04 Å². The van der Waals surface area contributed by atoms with Crippen LogP contribution in [0.25, 0.3) is 10.8 Å². The molecule has 0 aromatic heterocycles. The van der Waals surface area contributed by atoms with Crippen LogP contribution in [0, 0.1) is 0 Å². The summed E-state index contributed by atoms with van der Waals surface area (Å²) < 4.78 is 5.66. The Morgan fingerprint density at radius 2 is 1.91 bits per heavy atom. The van der Waals surface area contributed by atoms with Gasteiger partial charge in [0, 0.05) is 37.8 Å². The van der Waals surface area contributed by atoms with Crippen LogP contribution in [0.5, 0.6) is 5.75 Å². The highest BCUT2D eigenvalue weighted by atomic mass is 16.5. The Balaban J connectivity index is 1.07. The van der Waals surface area contributed by atoms with Crippen LogP contribution in [-0.2, 0) is 6.42 Å². The van der Waals surface area contributed by atoms with Gasteiger partial charge >= 0.3 is 0 Å². The largest absolute Gasteiger partial charge is 0.495 e. The number of hydrogen-bond acceptors (Lipinski definition) is 4. The lowest BCUT2D eigenvalue weighted by Gasteiger charge is -2.46. The maximum Gasteiger partial charge on any atom is 0.251 e. The van der Waals surface area contributed by atoms with E-state index in [1.807, 2.05) is 36.4 Å². The summed E-state index contributed by atoms with van der Waals surface area (Å²) in [5.74, 6) is 1.02. The third-order valence-electron chi connectivity index (χ3n) is 7.10. The molecule has 0 saturated carbocycles. The molecule has 0 bridgehead atoms. The molecule has 5 rings (SSSR count). The number of rotatable bonds is 7. The number of carbonyl (C=O) groups is 1. The Labute approximate surface area is 196 Å². The number of anilines is 1. The lowest BCUT2D eigenvalue weighted by molar-refractivity contribution is 0.0952. The van der Waals surface area contributed by atoms with E-state index in [9.17, 15) is 4.79 Å². The second-order valence-corrected chi connectivity index (χ2v) is 9.18. The number of fused-ring (bicyclic) bond motifs is 4. The van der Waals surface area contributed by atoms with Crippen LogP contribution in [0.3, 0.4) is 0 Å². The fourth-order valence-electron chi connectivity index (χ4n) is 5.34. The van der Waals surface area contributed by atoms with Crippen molar-refractivity contribution in [2.75, 3.05) is 44.7 Å². The minimum atomic E-state index is 0.0178. The summed E-state index contributed by atoms with van der Waals surface area (Å²) in [5, 5.41) is 5.36. The summed E-state index contributed by atoms with van der Waals surface area (Å²) in [4.78, 5) is 17.7. The normalized spacial score (nSPS) is 18.0. The maximum atomic E-state index is 12.5. The third-order valence-corrected chi connectivity index (χ3v) is 7.10. The molecule has 0 spiro atoms. The topological polar surface area (TPSA) is 44.8 Å². The van der Waals surface area contributed by atoms with Gasteiger partial charge in [0.1, 0.15) is 5.75 Å². The molecule has 1 amide bonds. The molecular formula is C28H33N3O2. The number of nitrogens with one attached hydrogen (secondary N) is 1. The second kappa shape index (κ2) is 9.84. The van der Waals surface area contributed by atoms with Crippen LogP contribution in [-0.4, -0.2) is 56.7 Å². The summed E-state index contributed by atoms with van der Waals surface area (Å²) in [5.41, 5.74) is 3.46. The highest BCUT2D eigenvalue weighted by Gasteiger charge is 2.33. The van der Waals surface area contributed by atoms with E-state index < -0.39 is 0 Å². The van der Waals surface area contributed by atoms with E-state index in [1.54, 1.807) is 7.11 Å². The Morgan fingerprint density at radius 3 is 2.79 bits per heavy atom. The van der Waals surface area contributed by atoms with Crippen molar-refractivity contribution in [3.8, 4) is 5.75 Å². The van der Waals surface area contributed by atoms with E-state index in [1.165, 1.54) is 17.7 Å². The average molecular weight is 444 g/mol. The molecule has 5 nitrogen and oxygen atoms in total. The fraction of sp³-hybridized carbons (Fsp3) is 0.393. The van der Waals surface area contributed by atoms with Crippen LogP contribution < -0.4 is 15.0 Å². The molecule has 0 radical (unpaired) electrons. The number of piperazine rings is 1. The molecule has 172 valence electrons. The Bertz CT molecular complexity index is 1110. The smallest absolute Gasteiger partial charge is 0.251 e. The van der Waals surface area contributed by atoms with Crippen molar-refractivity contribution < 1.29 is 9.53 Å². The zero-order valence-corrected chi connectivity index (χ0v) is 19.4. The van der Waals surface area contributed by atoms with Gasteiger partial charge in [0.05, 0.1) is 12.8 Å². The van der Waals surface area contributed by atoms with Gasteiger partial charge in [-0.3, -0.25) is 9.69 Å². The first-order valence-corrected chi connectivity index (χ1v) is 12.1. The van der Waals surface area contributed by atoms with Gasteiger partial charge in [-0.15, -0.1) is 0 Å². The van der Waals surface area contributed by atoms with E-state index in [0.717, 1.165) is 74.1 Å². The number of amides is 1. The van der Waals surface area contributed by atoms with Gasteiger partial charge in [-0.2, -0.15) is 0 Å². The van der Waals surface area contributed by atoms with E-state index in [2.05, 4.69) is 39.4 Å². The first-order valence-electron chi connectivity index (χ1n) is 12.1. The van der Waals surface area contributed by atoms with Crippen molar-refractivity contribution in [3.05, 3.63) is 71.8 Å². The monoisotopic (exact) mass is 443 g/mol. The van der Waals surface area contributed by atoms with Crippen molar-refractivity contribution in [2.45, 2.75) is 31.7 Å². The molecule has 3 aromatic rings. The summed E-state index contributed by atoms with van der Waals surface area (Å²) in [6.07, 6.45) is 4.44. The molecule has 1 N–H and O–H groups in total. The van der Waals surface area contributed by atoms with Crippen LogP contribution in [0.2, 0.25) is 0 Å². The van der Waals surface area contributed by atoms with E-state index in [-0.39, 0.29) is 5.91 Å². The molecule has 1 unspecified atom stereocenters. The van der Waals surface area contributed by atoms with Crippen LogP contribution in [0.4, 0.5) is 5.69 Å². The van der Waals surface area contributed by atoms with E-state index >= 15 is 0 Å². The molecule has 2 aliphatic heterocycles. The molecule has 1 saturated heterocycles. The number of para-hydroxylation sites is 1. The van der Waals surface area contributed by atoms with Crippen molar-refractivity contribution in [1.29, 1.82) is 0 Å². The van der Waals surface area contributed by atoms with Gasteiger partial charge in [0.25, 0.3) is 5.91 Å². The lowest BCUT2D eigenvalue weighted by Crippen LogP contribution is -2.55. The highest BCUT2D eigenvalue weighted by Crippen LogP contribution is 2.39. The van der Waals surface area contributed by atoms with Gasteiger partial charge in [-0.1, -0.05) is 42.5 Å². The number of methoxy groups -OCH3 is 1. The SMILES string of the molecule is COc1cccc2c1N1CCN(CCCCNC(=O)c3ccc4ccccc4c3)CC1CC2. The summed E-state index contributed by atoms with van der Waals surface area (Å²) in [6.45, 7) is 5.06. The number of carbonyl (C=O) groups excluding carboxylic acids is 1. The van der Waals surface area contributed by atoms with Gasteiger partial charge in [0.2, 0.25) is 0 Å². The van der Waals surface area contributed by atoms with Gasteiger partial charge < -0.3 is 15.0 Å². The molecule has 2 heterocycles. The predicted octanol–water partition coefficient (Wildman–Crippen LogP) is 4.50. The first-order chi connectivity index (χ1) is 16.2. The molecule has 1 atom stereocenters. The summed E-state index contributed by atoms with van der Waals surface area (Å²) in [7, 11) is 1.77. The summed E-state index contributed by atoms with van der Waals surface area (Å²) >= 11 is 0. The molecule has 2 aliphatic rings. The van der Waals surface area contributed by atoms with Gasteiger partial charge in [-0.25, -0.2) is 0 Å². The molecule has 33 heavy (non-hydrogen) atoms. The quantitative estimate of drug-likeness (QED) is 0.547. The zero-order valence-electron chi connectivity index (χ0n) is 19.4. The predicted molar refractivity (Wildman–Crippen MR) is 134 cm³/mol. The third kappa shape index (κ3) is 4.69. The Morgan fingerprint density at radius 1 is 1.03 bits per heavy atom. The Kier molecular flexibility index (Phi) is 6.49.